The fraction of sp³-hybridized carbons (Fsp3) is 0.316. The Hall–Kier alpha value is -2.47. The standard InChI is InChI=1S/C19H19N3O2S/c1-3-21-11-20-17-15(18(21)23)12(2)16(25-17)19(24)22-10-6-8-13-7-4-5-9-14(13)22/h4-5,7,9,11H,3,6,8,10H2,1-2H3. The van der Waals surface area contributed by atoms with Gasteiger partial charge in [0.25, 0.3) is 11.5 Å². The van der Waals surface area contributed by atoms with Crippen molar-refractivity contribution in [3.8, 4) is 0 Å². The van der Waals surface area contributed by atoms with E-state index in [1.165, 1.54) is 16.9 Å². The second kappa shape index (κ2) is 6.11. The molecule has 1 aromatic carbocycles. The molecular formula is C19H19N3O2S. The Morgan fingerprint density at radius 1 is 1.32 bits per heavy atom. The van der Waals surface area contributed by atoms with E-state index in [-0.39, 0.29) is 11.5 Å². The smallest absolute Gasteiger partial charge is 0.268 e. The van der Waals surface area contributed by atoms with Crippen LogP contribution >= 0.6 is 11.3 Å². The monoisotopic (exact) mass is 353 g/mol. The molecule has 6 heteroatoms. The van der Waals surface area contributed by atoms with Crippen molar-refractivity contribution in [3.05, 3.63) is 57.0 Å². The molecule has 0 spiro atoms. The lowest BCUT2D eigenvalue weighted by molar-refractivity contribution is 0.0988. The summed E-state index contributed by atoms with van der Waals surface area (Å²) in [6, 6.07) is 8.05. The molecule has 0 N–H and O–H groups in total. The van der Waals surface area contributed by atoms with E-state index in [0.29, 0.717) is 28.2 Å². The van der Waals surface area contributed by atoms with Gasteiger partial charge in [0.2, 0.25) is 0 Å². The summed E-state index contributed by atoms with van der Waals surface area (Å²) < 4.78 is 1.58. The number of benzene rings is 1. The maximum atomic E-state index is 13.2. The topological polar surface area (TPSA) is 55.2 Å². The molecule has 4 rings (SSSR count). The van der Waals surface area contributed by atoms with E-state index in [0.717, 1.165) is 24.1 Å². The summed E-state index contributed by atoms with van der Waals surface area (Å²) in [7, 11) is 0. The van der Waals surface area contributed by atoms with Crippen LogP contribution in [0.15, 0.2) is 35.4 Å². The summed E-state index contributed by atoms with van der Waals surface area (Å²) in [5, 5.41) is 0.572. The molecule has 0 atom stereocenters. The zero-order chi connectivity index (χ0) is 17.6. The minimum absolute atomic E-state index is 0.0323. The highest BCUT2D eigenvalue weighted by Crippen LogP contribution is 2.32. The molecule has 0 fully saturated rings. The van der Waals surface area contributed by atoms with Gasteiger partial charge in [-0.15, -0.1) is 11.3 Å². The molecule has 1 aliphatic rings. The lowest BCUT2D eigenvalue weighted by atomic mass is 10.0. The van der Waals surface area contributed by atoms with Gasteiger partial charge in [0.1, 0.15) is 4.83 Å². The Labute approximate surface area is 149 Å². The number of amides is 1. The van der Waals surface area contributed by atoms with Crippen LogP contribution in [0.3, 0.4) is 0 Å². The first kappa shape index (κ1) is 16.0. The van der Waals surface area contributed by atoms with Gasteiger partial charge >= 0.3 is 0 Å². The van der Waals surface area contributed by atoms with Gasteiger partial charge < -0.3 is 4.90 Å². The summed E-state index contributed by atoms with van der Waals surface area (Å²) in [5.41, 5.74) is 2.86. The fourth-order valence-electron chi connectivity index (χ4n) is 3.46. The van der Waals surface area contributed by atoms with Crippen LogP contribution < -0.4 is 10.5 Å². The molecule has 0 unspecified atom stereocenters. The number of hydrogen-bond acceptors (Lipinski definition) is 4. The van der Waals surface area contributed by atoms with Crippen molar-refractivity contribution >= 4 is 33.1 Å². The van der Waals surface area contributed by atoms with Crippen molar-refractivity contribution in [3.63, 3.8) is 0 Å². The van der Waals surface area contributed by atoms with Crippen molar-refractivity contribution in [2.24, 2.45) is 0 Å². The maximum Gasteiger partial charge on any atom is 0.268 e. The van der Waals surface area contributed by atoms with Gasteiger partial charge in [-0.3, -0.25) is 14.2 Å². The van der Waals surface area contributed by atoms with Crippen molar-refractivity contribution in [2.45, 2.75) is 33.2 Å². The first-order valence-corrected chi connectivity index (χ1v) is 9.31. The van der Waals surface area contributed by atoms with E-state index in [1.54, 1.807) is 10.9 Å². The Morgan fingerprint density at radius 3 is 2.92 bits per heavy atom. The first-order chi connectivity index (χ1) is 12.1. The van der Waals surface area contributed by atoms with Crippen LogP contribution in [0, 0.1) is 6.92 Å². The minimum atomic E-state index is -0.0701. The van der Waals surface area contributed by atoms with E-state index in [4.69, 9.17) is 0 Å². The number of nitrogens with zero attached hydrogens (tertiary/aromatic N) is 3. The number of rotatable bonds is 2. The third-order valence-electron chi connectivity index (χ3n) is 4.81. The number of hydrogen-bond donors (Lipinski definition) is 0. The molecule has 128 valence electrons. The molecular weight excluding hydrogens is 334 g/mol. The van der Waals surface area contributed by atoms with Gasteiger partial charge in [-0.1, -0.05) is 18.2 Å². The van der Waals surface area contributed by atoms with Gasteiger partial charge in [0, 0.05) is 18.8 Å². The number of aryl methyl sites for hydroxylation is 3. The number of carbonyl (C=O) groups is 1. The number of carbonyl (C=O) groups excluding carboxylic acids is 1. The van der Waals surface area contributed by atoms with Crippen molar-refractivity contribution in [2.75, 3.05) is 11.4 Å². The van der Waals surface area contributed by atoms with Crippen LogP contribution in [-0.2, 0) is 13.0 Å². The van der Waals surface area contributed by atoms with E-state index in [1.807, 2.05) is 36.9 Å². The molecule has 0 saturated carbocycles. The second-order valence-corrected chi connectivity index (χ2v) is 7.26. The SMILES string of the molecule is CCn1cnc2sc(C(=O)N3CCCc4ccccc43)c(C)c2c1=O. The highest BCUT2D eigenvalue weighted by molar-refractivity contribution is 7.20. The van der Waals surface area contributed by atoms with E-state index >= 15 is 0 Å². The molecule has 2 aromatic heterocycles. The van der Waals surface area contributed by atoms with Gasteiger partial charge in [-0.05, 0) is 43.9 Å². The van der Waals surface area contributed by atoms with Crippen molar-refractivity contribution in [1.29, 1.82) is 0 Å². The number of aromatic nitrogens is 2. The molecule has 1 amide bonds. The Morgan fingerprint density at radius 2 is 2.12 bits per heavy atom. The molecule has 0 aliphatic carbocycles. The molecule has 25 heavy (non-hydrogen) atoms. The molecule has 3 aromatic rings. The lowest BCUT2D eigenvalue weighted by Gasteiger charge is -2.29. The van der Waals surface area contributed by atoms with Crippen LogP contribution in [-0.4, -0.2) is 22.0 Å². The number of fused-ring (bicyclic) bond motifs is 2. The van der Waals surface area contributed by atoms with E-state index < -0.39 is 0 Å². The van der Waals surface area contributed by atoms with Gasteiger partial charge in [-0.25, -0.2) is 4.98 Å². The molecule has 3 heterocycles. The van der Waals surface area contributed by atoms with Crippen LogP contribution in [0.4, 0.5) is 5.69 Å². The highest BCUT2D eigenvalue weighted by atomic mass is 32.1. The van der Waals surface area contributed by atoms with Crippen LogP contribution in [0.5, 0.6) is 0 Å². The first-order valence-electron chi connectivity index (χ1n) is 8.50. The summed E-state index contributed by atoms with van der Waals surface area (Å²) in [4.78, 5) is 33.3. The zero-order valence-corrected chi connectivity index (χ0v) is 15.1. The molecule has 0 saturated heterocycles. The Balaban J connectivity index is 1.83. The predicted octanol–water partition coefficient (Wildman–Crippen LogP) is 3.38. The number of anilines is 1. The average molecular weight is 353 g/mol. The van der Waals surface area contributed by atoms with Crippen LogP contribution in [0.1, 0.15) is 34.1 Å². The normalized spacial score (nSPS) is 13.9. The Bertz CT molecular complexity index is 1030. The fourth-order valence-corrected chi connectivity index (χ4v) is 4.54. The summed E-state index contributed by atoms with van der Waals surface area (Å²) >= 11 is 1.32. The van der Waals surface area contributed by atoms with Gasteiger partial charge in [0.05, 0.1) is 16.6 Å². The van der Waals surface area contributed by atoms with Crippen molar-refractivity contribution in [1.82, 2.24) is 9.55 Å². The third-order valence-corrected chi connectivity index (χ3v) is 6.00. The average Bonchev–Trinajstić information content (AvgIpc) is 2.98. The predicted molar refractivity (Wildman–Crippen MR) is 101 cm³/mol. The maximum absolute atomic E-state index is 13.2. The number of para-hydroxylation sites is 1. The number of thiophene rings is 1. The summed E-state index contributed by atoms with van der Waals surface area (Å²) in [6.45, 7) is 5.04. The molecule has 1 aliphatic heterocycles. The minimum Gasteiger partial charge on any atom is -0.307 e. The second-order valence-electron chi connectivity index (χ2n) is 6.26. The van der Waals surface area contributed by atoms with Crippen molar-refractivity contribution < 1.29 is 4.79 Å². The lowest BCUT2D eigenvalue weighted by Crippen LogP contribution is -2.35. The summed E-state index contributed by atoms with van der Waals surface area (Å²) in [5.74, 6) is -0.0323. The van der Waals surface area contributed by atoms with E-state index in [2.05, 4.69) is 11.1 Å². The quantitative estimate of drug-likeness (QED) is 0.710. The summed E-state index contributed by atoms with van der Waals surface area (Å²) in [6.07, 6.45) is 3.51. The molecule has 0 radical (unpaired) electrons. The van der Waals surface area contributed by atoms with Crippen LogP contribution in [0.25, 0.3) is 10.2 Å². The van der Waals surface area contributed by atoms with Gasteiger partial charge in [0.15, 0.2) is 0 Å². The van der Waals surface area contributed by atoms with E-state index in [9.17, 15) is 9.59 Å². The van der Waals surface area contributed by atoms with Gasteiger partial charge in [-0.2, -0.15) is 0 Å². The Kier molecular flexibility index (Phi) is 3.92. The van der Waals surface area contributed by atoms with Crippen LogP contribution in [0.2, 0.25) is 0 Å². The largest absolute Gasteiger partial charge is 0.307 e. The molecule has 0 bridgehead atoms. The molecule has 5 nitrogen and oxygen atoms in total. The third kappa shape index (κ3) is 2.48. The highest BCUT2D eigenvalue weighted by Gasteiger charge is 2.27. The zero-order valence-electron chi connectivity index (χ0n) is 14.3.